The average molecular weight is 380 g/mol. The number of hydrogen-bond acceptors (Lipinski definition) is 1. The maximum absolute atomic E-state index is 5.10. The van der Waals surface area contributed by atoms with Crippen LogP contribution in [0.15, 0.2) is 65.3 Å². The molecule has 0 atom stereocenters. The molecule has 0 aliphatic carbocycles. The minimum atomic E-state index is -1.66. The van der Waals surface area contributed by atoms with Gasteiger partial charge in [-0.05, 0) is 23.7 Å². The van der Waals surface area contributed by atoms with E-state index in [1.54, 1.807) is 0 Å². The molecule has 0 aromatic heterocycles. The predicted molar refractivity (Wildman–Crippen MR) is 122 cm³/mol. The van der Waals surface area contributed by atoms with Crippen LogP contribution in [0.1, 0.15) is 16.7 Å². The first-order chi connectivity index (χ1) is 12.0. The van der Waals surface area contributed by atoms with E-state index in [0.717, 1.165) is 22.7 Å². The van der Waals surface area contributed by atoms with Gasteiger partial charge in [0.2, 0.25) is 0 Å². The third-order valence-corrected chi connectivity index (χ3v) is 5.64. The molecule has 0 radical (unpaired) electrons. The van der Waals surface area contributed by atoms with E-state index in [0.29, 0.717) is 0 Å². The number of hydrogen-bond donors (Lipinski definition) is 0. The van der Waals surface area contributed by atoms with Gasteiger partial charge >= 0.3 is 0 Å². The van der Waals surface area contributed by atoms with Crippen molar-refractivity contribution >= 4 is 27.8 Å². The average Bonchev–Trinajstić information content (AvgIpc) is 2.52. The van der Waals surface area contributed by atoms with Gasteiger partial charge in [0.15, 0.2) is 0 Å². The summed E-state index contributed by atoms with van der Waals surface area (Å²) in [6.45, 7) is 15.9. The fraction of sp³-hybridized carbons (Fsp3) is 0.318. The molecule has 0 aliphatic rings. The highest BCUT2D eigenvalue weighted by Gasteiger charge is 2.12. The van der Waals surface area contributed by atoms with Crippen LogP contribution in [0.4, 0.5) is 0 Å². The molecule has 0 amide bonds. The van der Waals surface area contributed by atoms with E-state index in [-0.39, 0.29) is 0 Å². The van der Waals surface area contributed by atoms with Crippen molar-refractivity contribution in [1.82, 2.24) is 0 Å². The van der Waals surface area contributed by atoms with Crippen molar-refractivity contribution in [3.8, 4) is 0 Å². The van der Waals surface area contributed by atoms with Crippen LogP contribution < -0.4 is 0 Å². The Morgan fingerprint density at radius 3 is 1.88 bits per heavy atom. The summed E-state index contributed by atoms with van der Waals surface area (Å²) in [6, 6.07) is 19.0. The zero-order valence-electron chi connectivity index (χ0n) is 17.2. The summed E-state index contributed by atoms with van der Waals surface area (Å²) in [7, 11) is -3.10. The van der Waals surface area contributed by atoms with Gasteiger partial charge < -0.3 is 9.97 Å². The number of aryl methyl sites for hydroxylation is 1. The zero-order valence-corrected chi connectivity index (χ0v) is 19.2. The van der Waals surface area contributed by atoms with Crippen LogP contribution in [0.5, 0.6) is 0 Å². The van der Waals surface area contributed by atoms with Crippen LogP contribution in [-0.2, 0) is 0 Å². The molecule has 0 heterocycles. The van der Waals surface area contributed by atoms with Gasteiger partial charge in [0.05, 0.1) is 8.07 Å². The number of aliphatic imine (C=N–C) groups is 1. The molecule has 0 fully saturated rings. The van der Waals surface area contributed by atoms with Gasteiger partial charge in [0, 0.05) is 8.24 Å². The lowest BCUT2D eigenvalue weighted by atomic mass is 10.1. The molecule has 138 valence electrons. The number of nitrogens with zero attached hydrogens (tertiary/aromatic N) is 2. The fourth-order valence-electron chi connectivity index (χ4n) is 2.49. The molecule has 2 nitrogen and oxygen atoms in total. The lowest BCUT2D eigenvalue weighted by molar-refractivity contribution is 1.44. The highest BCUT2D eigenvalue weighted by molar-refractivity contribution is 6.85. The van der Waals surface area contributed by atoms with Crippen LogP contribution in [0, 0.1) is 6.92 Å². The van der Waals surface area contributed by atoms with Gasteiger partial charge in [-0.25, -0.2) is 0 Å². The van der Waals surface area contributed by atoms with Crippen molar-refractivity contribution in [3.05, 3.63) is 82.0 Å². The van der Waals surface area contributed by atoms with Gasteiger partial charge in [-0.1, -0.05) is 111 Å². The van der Waals surface area contributed by atoms with E-state index in [9.17, 15) is 0 Å². The van der Waals surface area contributed by atoms with Crippen LogP contribution in [0.2, 0.25) is 39.3 Å². The molecule has 2 rings (SSSR count). The normalized spacial score (nSPS) is 13.7. The molecule has 0 bridgehead atoms. The van der Waals surface area contributed by atoms with Crippen molar-refractivity contribution in [2.75, 3.05) is 0 Å². The first-order valence-electron chi connectivity index (χ1n) is 9.20. The van der Waals surface area contributed by atoms with Crippen molar-refractivity contribution in [3.63, 3.8) is 0 Å². The molecule has 0 saturated carbocycles. The Morgan fingerprint density at radius 2 is 1.38 bits per heavy atom. The van der Waals surface area contributed by atoms with Crippen LogP contribution in [0.3, 0.4) is 0 Å². The second-order valence-corrected chi connectivity index (χ2v) is 18.4. The summed E-state index contributed by atoms with van der Waals surface area (Å²) in [5, 5.41) is 0. The number of amidine groups is 1. The van der Waals surface area contributed by atoms with Gasteiger partial charge in [-0.2, -0.15) is 0 Å². The highest BCUT2D eigenvalue weighted by atomic mass is 28.3. The third kappa shape index (κ3) is 6.77. The summed E-state index contributed by atoms with van der Waals surface area (Å²) in [6.07, 6.45) is 0. The first kappa shape index (κ1) is 20.4. The molecule has 26 heavy (non-hydrogen) atoms. The molecule has 2 aromatic rings. The summed E-state index contributed by atoms with van der Waals surface area (Å²) in [5.41, 5.74) is 6.92. The zero-order chi connectivity index (χ0) is 19.4. The number of rotatable bonds is 5. The van der Waals surface area contributed by atoms with E-state index in [2.05, 4.69) is 100 Å². The van der Waals surface area contributed by atoms with Gasteiger partial charge in [0.25, 0.3) is 0 Å². The Kier molecular flexibility index (Phi) is 6.42. The second kappa shape index (κ2) is 8.19. The molecule has 0 spiro atoms. The van der Waals surface area contributed by atoms with E-state index < -0.39 is 16.3 Å². The van der Waals surface area contributed by atoms with E-state index in [1.165, 1.54) is 5.56 Å². The topological polar surface area (TPSA) is 26.5 Å². The van der Waals surface area contributed by atoms with E-state index in [4.69, 9.17) is 9.97 Å². The Hall–Kier alpha value is -1.92. The first-order valence-corrected chi connectivity index (χ1v) is 16.2. The maximum Gasteiger partial charge on any atom is 0.0690 e. The summed E-state index contributed by atoms with van der Waals surface area (Å²) >= 11 is 0. The molecule has 0 saturated heterocycles. The summed E-state index contributed by atoms with van der Waals surface area (Å²) < 4.78 is 0. The molecular formula is C22H31N2Si2-. The molecule has 0 unspecified atom stereocenters. The molecule has 0 N–H and O–H groups in total. The highest BCUT2D eigenvalue weighted by Crippen LogP contribution is 2.24. The number of benzene rings is 2. The standard InChI is InChI=1S/C22H31N2Si2/c1-18-13-15-20(16-14-18)22(24-26(5,6)7)23-21(17-25(2,3)4)19-11-9-8-10-12-19/h8-17H,1-7H3/q-1/b21-17+. The molecule has 2 aromatic carbocycles. The quantitative estimate of drug-likeness (QED) is 0.308. The molecule has 4 heteroatoms. The largest absolute Gasteiger partial charge is 0.472 e. The Labute approximate surface area is 161 Å². The lowest BCUT2D eigenvalue weighted by Crippen LogP contribution is -2.23. The predicted octanol–water partition coefficient (Wildman–Crippen LogP) is 6.87. The minimum absolute atomic E-state index is 0.859. The van der Waals surface area contributed by atoms with Crippen molar-refractivity contribution in [2.45, 2.75) is 46.2 Å². The van der Waals surface area contributed by atoms with E-state index >= 15 is 0 Å². The summed E-state index contributed by atoms with van der Waals surface area (Å²) in [4.78, 5) is 10.2. The maximum atomic E-state index is 5.10. The Bertz CT molecular complexity index is 778. The van der Waals surface area contributed by atoms with Crippen molar-refractivity contribution in [1.29, 1.82) is 0 Å². The lowest BCUT2D eigenvalue weighted by Gasteiger charge is -2.31. The van der Waals surface area contributed by atoms with Crippen LogP contribution in [-0.4, -0.2) is 22.1 Å². The molecular weight excluding hydrogens is 348 g/mol. The van der Waals surface area contributed by atoms with Crippen LogP contribution in [0.25, 0.3) is 10.7 Å². The minimum Gasteiger partial charge on any atom is -0.472 e. The van der Waals surface area contributed by atoms with Crippen molar-refractivity contribution in [2.24, 2.45) is 4.99 Å². The van der Waals surface area contributed by atoms with Crippen LogP contribution >= 0.6 is 0 Å². The van der Waals surface area contributed by atoms with Gasteiger partial charge in [-0.15, -0.1) is 0 Å². The van der Waals surface area contributed by atoms with Crippen molar-refractivity contribution < 1.29 is 0 Å². The monoisotopic (exact) mass is 379 g/mol. The SMILES string of the molecule is Cc1ccc(C(=N/C(=C/[Si](C)(C)C)c2ccccc2)[N-][Si](C)(C)C)cc1. The van der Waals surface area contributed by atoms with Gasteiger partial charge in [-0.3, -0.25) is 0 Å². The summed E-state index contributed by atoms with van der Waals surface area (Å²) in [5.74, 6) is 0.859. The Balaban J connectivity index is 2.59. The van der Waals surface area contributed by atoms with E-state index in [1.807, 2.05) is 6.07 Å². The molecule has 0 aliphatic heterocycles. The van der Waals surface area contributed by atoms with Gasteiger partial charge in [0.1, 0.15) is 0 Å². The second-order valence-electron chi connectivity index (χ2n) is 8.85. The third-order valence-electron chi connectivity index (χ3n) is 3.62. The Morgan fingerprint density at radius 1 is 0.808 bits per heavy atom. The fourth-order valence-corrected chi connectivity index (χ4v) is 4.35. The smallest absolute Gasteiger partial charge is 0.0690 e.